The maximum atomic E-state index is 11.4. The Morgan fingerprint density at radius 1 is 1.41 bits per heavy atom. The van der Waals surface area contributed by atoms with Crippen molar-refractivity contribution in [3.8, 4) is 0 Å². The summed E-state index contributed by atoms with van der Waals surface area (Å²) >= 11 is 0. The molecule has 1 rings (SSSR count). The SMILES string of the molecule is CC(=O)N(Cc1ccncc1)CC(C)C(=O)O. The van der Waals surface area contributed by atoms with Crippen LogP contribution in [0.3, 0.4) is 0 Å². The van der Waals surface area contributed by atoms with E-state index in [1.54, 1.807) is 31.5 Å². The van der Waals surface area contributed by atoms with E-state index >= 15 is 0 Å². The first-order valence-corrected chi connectivity index (χ1v) is 5.38. The number of hydrogen-bond donors (Lipinski definition) is 1. The van der Waals surface area contributed by atoms with E-state index in [1.807, 2.05) is 0 Å². The summed E-state index contributed by atoms with van der Waals surface area (Å²) in [5, 5.41) is 8.83. The van der Waals surface area contributed by atoms with Crippen molar-refractivity contribution in [3.05, 3.63) is 30.1 Å². The van der Waals surface area contributed by atoms with Crippen molar-refractivity contribution in [2.24, 2.45) is 5.92 Å². The number of rotatable bonds is 5. The second kappa shape index (κ2) is 5.98. The van der Waals surface area contributed by atoms with Gasteiger partial charge in [-0.15, -0.1) is 0 Å². The molecular weight excluding hydrogens is 220 g/mol. The fourth-order valence-electron chi connectivity index (χ4n) is 1.42. The summed E-state index contributed by atoms with van der Waals surface area (Å²) < 4.78 is 0. The minimum atomic E-state index is -0.897. The highest BCUT2D eigenvalue weighted by Gasteiger charge is 2.18. The number of nitrogens with zero attached hydrogens (tertiary/aromatic N) is 2. The normalized spacial score (nSPS) is 11.9. The summed E-state index contributed by atoms with van der Waals surface area (Å²) in [7, 11) is 0. The third-order valence-corrected chi connectivity index (χ3v) is 2.48. The largest absolute Gasteiger partial charge is 0.481 e. The second-order valence-electron chi connectivity index (χ2n) is 3.99. The molecule has 0 bridgehead atoms. The highest BCUT2D eigenvalue weighted by molar-refractivity contribution is 5.75. The lowest BCUT2D eigenvalue weighted by molar-refractivity contribution is -0.142. The van der Waals surface area contributed by atoms with Gasteiger partial charge in [-0.25, -0.2) is 0 Å². The number of amides is 1. The smallest absolute Gasteiger partial charge is 0.308 e. The van der Waals surface area contributed by atoms with Crippen molar-refractivity contribution in [1.82, 2.24) is 9.88 Å². The van der Waals surface area contributed by atoms with E-state index in [-0.39, 0.29) is 12.5 Å². The Balaban J connectivity index is 2.67. The molecule has 0 saturated carbocycles. The monoisotopic (exact) mass is 236 g/mol. The molecule has 1 atom stereocenters. The fraction of sp³-hybridized carbons (Fsp3) is 0.417. The van der Waals surface area contributed by atoms with E-state index in [1.165, 1.54) is 11.8 Å². The van der Waals surface area contributed by atoms with E-state index in [0.29, 0.717) is 6.54 Å². The van der Waals surface area contributed by atoms with Crippen LogP contribution in [0.1, 0.15) is 19.4 Å². The van der Waals surface area contributed by atoms with Crippen molar-refractivity contribution in [3.63, 3.8) is 0 Å². The van der Waals surface area contributed by atoms with Gasteiger partial charge in [0.1, 0.15) is 0 Å². The molecule has 1 amide bonds. The van der Waals surface area contributed by atoms with E-state index < -0.39 is 11.9 Å². The van der Waals surface area contributed by atoms with Crippen molar-refractivity contribution >= 4 is 11.9 Å². The molecule has 0 aliphatic carbocycles. The number of pyridine rings is 1. The molecule has 92 valence electrons. The second-order valence-corrected chi connectivity index (χ2v) is 3.99. The van der Waals surface area contributed by atoms with Crippen LogP contribution in [-0.2, 0) is 16.1 Å². The van der Waals surface area contributed by atoms with Crippen LogP contribution in [0.2, 0.25) is 0 Å². The van der Waals surface area contributed by atoms with Crippen LogP contribution in [0.4, 0.5) is 0 Å². The highest BCUT2D eigenvalue weighted by Crippen LogP contribution is 2.07. The number of aliphatic carboxylic acids is 1. The predicted molar refractivity (Wildman–Crippen MR) is 62.1 cm³/mol. The van der Waals surface area contributed by atoms with Crippen LogP contribution < -0.4 is 0 Å². The molecule has 0 spiro atoms. The van der Waals surface area contributed by atoms with Crippen LogP contribution in [0.25, 0.3) is 0 Å². The molecule has 5 nitrogen and oxygen atoms in total. The molecule has 1 unspecified atom stereocenters. The molecular formula is C12H16N2O3. The summed E-state index contributed by atoms with van der Waals surface area (Å²) in [5.41, 5.74) is 0.938. The first kappa shape index (κ1) is 13.2. The molecule has 1 aromatic rings. The maximum absolute atomic E-state index is 11.4. The minimum Gasteiger partial charge on any atom is -0.481 e. The van der Waals surface area contributed by atoms with Gasteiger partial charge in [0.05, 0.1) is 5.92 Å². The third kappa shape index (κ3) is 4.22. The zero-order chi connectivity index (χ0) is 12.8. The van der Waals surface area contributed by atoms with E-state index in [0.717, 1.165) is 5.56 Å². The lowest BCUT2D eigenvalue weighted by Gasteiger charge is -2.23. The molecule has 17 heavy (non-hydrogen) atoms. The third-order valence-electron chi connectivity index (χ3n) is 2.48. The topological polar surface area (TPSA) is 70.5 Å². The zero-order valence-electron chi connectivity index (χ0n) is 9.96. The number of carboxylic acid groups (broad SMARTS) is 1. The van der Waals surface area contributed by atoms with Crippen molar-refractivity contribution in [2.75, 3.05) is 6.54 Å². The summed E-state index contributed by atoms with van der Waals surface area (Å²) in [4.78, 5) is 27.6. The van der Waals surface area contributed by atoms with Gasteiger partial charge in [-0.3, -0.25) is 14.6 Å². The summed E-state index contributed by atoms with van der Waals surface area (Å²) in [5.74, 6) is -1.60. The lowest BCUT2D eigenvalue weighted by atomic mass is 10.1. The van der Waals surface area contributed by atoms with Crippen molar-refractivity contribution < 1.29 is 14.7 Å². The standard InChI is InChI=1S/C12H16N2O3/c1-9(12(16)17)7-14(10(2)15)8-11-3-5-13-6-4-11/h3-6,9H,7-8H2,1-2H3,(H,16,17). The Labute approximate surface area is 100 Å². The molecule has 0 aliphatic heterocycles. The number of carbonyl (C=O) groups excluding carboxylic acids is 1. The molecule has 1 heterocycles. The molecule has 0 aliphatic rings. The Morgan fingerprint density at radius 2 is 2.00 bits per heavy atom. The van der Waals surface area contributed by atoms with Gasteiger partial charge in [0.2, 0.25) is 5.91 Å². The Kier molecular flexibility index (Phi) is 4.63. The van der Waals surface area contributed by atoms with Crippen molar-refractivity contribution in [1.29, 1.82) is 0 Å². The average Bonchev–Trinajstić information content (AvgIpc) is 2.29. The molecule has 0 saturated heterocycles. The predicted octanol–water partition coefficient (Wildman–Crippen LogP) is 1.15. The first-order chi connectivity index (χ1) is 8.00. The van der Waals surface area contributed by atoms with Gasteiger partial charge < -0.3 is 10.0 Å². The van der Waals surface area contributed by atoms with E-state index in [4.69, 9.17) is 5.11 Å². The fourth-order valence-corrected chi connectivity index (χ4v) is 1.42. The molecule has 1 aromatic heterocycles. The number of aromatic nitrogens is 1. The highest BCUT2D eigenvalue weighted by atomic mass is 16.4. The quantitative estimate of drug-likeness (QED) is 0.832. The van der Waals surface area contributed by atoms with Crippen LogP contribution in [0.15, 0.2) is 24.5 Å². The van der Waals surface area contributed by atoms with Crippen LogP contribution in [0, 0.1) is 5.92 Å². The summed E-state index contributed by atoms with van der Waals surface area (Å²) in [6, 6.07) is 3.61. The van der Waals surface area contributed by atoms with Gasteiger partial charge in [0.25, 0.3) is 0 Å². The van der Waals surface area contributed by atoms with Crippen LogP contribution in [-0.4, -0.2) is 33.4 Å². The molecule has 1 N–H and O–H groups in total. The minimum absolute atomic E-state index is 0.130. The van der Waals surface area contributed by atoms with Gasteiger partial charge >= 0.3 is 5.97 Å². The van der Waals surface area contributed by atoms with Gasteiger partial charge in [-0.2, -0.15) is 0 Å². The molecule has 0 fully saturated rings. The summed E-state index contributed by atoms with van der Waals surface area (Å²) in [6.45, 7) is 3.66. The van der Waals surface area contributed by atoms with Gasteiger partial charge in [-0.05, 0) is 17.7 Å². The van der Waals surface area contributed by atoms with Crippen LogP contribution in [0.5, 0.6) is 0 Å². The van der Waals surface area contributed by atoms with Crippen molar-refractivity contribution in [2.45, 2.75) is 20.4 Å². The molecule has 0 aromatic carbocycles. The van der Waals surface area contributed by atoms with Gasteiger partial charge in [0.15, 0.2) is 0 Å². The Hall–Kier alpha value is -1.91. The average molecular weight is 236 g/mol. The first-order valence-electron chi connectivity index (χ1n) is 5.38. The van der Waals surface area contributed by atoms with Gasteiger partial charge in [0, 0.05) is 32.4 Å². The lowest BCUT2D eigenvalue weighted by Crippen LogP contribution is -2.34. The Morgan fingerprint density at radius 3 is 2.47 bits per heavy atom. The van der Waals surface area contributed by atoms with E-state index in [9.17, 15) is 9.59 Å². The Bertz CT molecular complexity index is 392. The van der Waals surface area contributed by atoms with E-state index in [2.05, 4.69) is 4.98 Å². The number of carbonyl (C=O) groups is 2. The number of carboxylic acids is 1. The van der Waals surface area contributed by atoms with Gasteiger partial charge in [-0.1, -0.05) is 6.92 Å². The summed E-state index contributed by atoms with van der Waals surface area (Å²) in [6.07, 6.45) is 3.29. The number of hydrogen-bond acceptors (Lipinski definition) is 3. The molecule has 5 heteroatoms. The maximum Gasteiger partial charge on any atom is 0.308 e. The zero-order valence-corrected chi connectivity index (χ0v) is 9.96. The molecule has 0 radical (unpaired) electrons. The van der Waals surface area contributed by atoms with Crippen LogP contribution >= 0.6 is 0 Å².